The van der Waals surface area contributed by atoms with Crippen molar-refractivity contribution in [3.05, 3.63) is 69.3 Å². The molecule has 0 radical (unpaired) electrons. The zero-order chi connectivity index (χ0) is 15.7. The Bertz CT molecular complexity index is 755. The smallest absolute Gasteiger partial charge is 0.270 e. The predicted molar refractivity (Wildman–Crippen MR) is 84.3 cm³/mol. The first kappa shape index (κ1) is 14.3. The molecule has 0 saturated carbocycles. The molecule has 1 aliphatic rings. The molecule has 22 heavy (non-hydrogen) atoms. The second-order valence-electron chi connectivity index (χ2n) is 5.45. The number of amides is 1. The van der Waals surface area contributed by atoms with E-state index < -0.39 is 4.92 Å². The highest BCUT2D eigenvalue weighted by molar-refractivity contribution is 6.07. The quantitative estimate of drug-likeness (QED) is 0.629. The van der Waals surface area contributed by atoms with Crippen molar-refractivity contribution in [2.75, 3.05) is 11.4 Å². The molecule has 0 atom stereocenters. The van der Waals surface area contributed by atoms with Gasteiger partial charge in [0.05, 0.1) is 10.6 Å². The molecule has 1 aliphatic heterocycles. The number of nitro groups is 1. The highest BCUT2D eigenvalue weighted by Crippen LogP contribution is 2.31. The van der Waals surface area contributed by atoms with Gasteiger partial charge in [0.2, 0.25) is 0 Å². The molecular weight excluding hydrogens is 280 g/mol. The Kier molecular flexibility index (Phi) is 3.63. The third-order valence-electron chi connectivity index (χ3n) is 3.97. The van der Waals surface area contributed by atoms with E-state index in [-0.39, 0.29) is 11.6 Å². The summed E-state index contributed by atoms with van der Waals surface area (Å²) in [7, 11) is 0. The lowest BCUT2D eigenvalue weighted by atomic mass is 9.97. The molecule has 0 N–H and O–H groups in total. The maximum Gasteiger partial charge on any atom is 0.270 e. The van der Waals surface area contributed by atoms with E-state index in [0.29, 0.717) is 12.1 Å². The molecule has 5 nitrogen and oxygen atoms in total. The molecule has 0 aliphatic carbocycles. The van der Waals surface area contributed by atoms with E-state index in [9.17, 15) is 14.9 Å². The Morgan fingerprint density at radius 3 is 2.77 bits per heavy atom. The fourth-order valence-corrected chi connectivity index (χ4v) is 2.96. The van der Waals surface area contributed by atoms with Crippen molar-refractivity contribution in [3.8, 4) is 0 Å². The first-order valence-corrected chi connectivity index (χ1v) is 7.23. The molecule has 0 bridgehead atoms. The number of benzene rings is 2. The Balaban J connectivity index is 2.01. The summed E-state index contributed by atoms with van der Waals surface area (Å²) < 4.78 is 0. The van der Waals surface area contributed by atoms with Gasteiger partial charge < -0.3 is 4.90 Å². The number of non-ortho nitro benzene ring substituents is 1. The van der Waals surface area contributed by atoms with Crippen LogP contribution >= 0.6 is 0 Å². The average molecular weight is 296 g/mol. The number of para-hydroxylation sites is 1. The van der Waals surface area contributed by atoms with Gasteiger partial charge in [0.15, 0.2) is 0 Å². The average Bonchev–Trinajstić information content (AvgIpc) is 2.54. The van der Waals surface area contributed by atoms with Crippen LogP contribution in [-0.2, 0) is 6.42 Å². The van der Waals surface area contributed by atoms with Crippen LogP contribution in [0, 0.1) is 17.0 Å². The summed E-state index contributed by atoms with van der Waals surface area (Å²) in [6.07, 6.45) is 1.85. The molecule has 2 aromatic carbocycles. The number of hydrogen-bond donors (Lipinski definition) is 0. The molecule has 112 valence electrons. The highest BCUT2D eigenvalue weighted by atomic mass is 16.6. The minimum absolute atomic E-state index is 0.0622. The van der Waals surface area contributed by atoms with E-state index >= 15 is 0 Å². The van der Waals surface area contributed by atoms with Crippen LogP contribution in [0.3, 0.4) is 0 Å². The van der Waals surface area contributed by atoms with Crippen molar-refractivity contribution in [2.45, 2.75) is 19.8 Å². The standard InChI is InChI=1S/C17H16N2O3/c1-12-5-2-6-13-8-4-10-18(16(12)13)17(20)14-7-3-9-15(11-14)19(21)22/h2-3,5-7,9,11H,4,8,10H2,1H3. The maximum atomic E-state index is 12.8. The van der Waals surface area contributed by atoms with Crippen LogP contribution in [0.25, 0.3) is 0 Å². The highest BCUT2D eigenvalue weighted by Gasteiger charge is 2.25. The van der Waals surface area contributed by atoms with Gasteiger partial charge in [-0.3, -0.25) is 14.9 Å². The SMILES string of the molecule is Cc1cccc2c1N(C(=O)c1cccc([N+](=O)[O-])c1)CCC2. The summed E-state index contributed by atoms with van der Waals surface area (Å²) >= 11 is 0. The Hall–Kier alpha value is -2.69. The lowest BCUT2D eigenvalue weighted by Crippen LogP contribution is -2.36. The molecule has 2 aromatic rings. The molecule has 0 spiro atoms. The molecule has 1 heterocycles. The van der Waals surface area contributed by atoms with Crippen LogP contribution in [-0.4, -0.2) is 17.4 Å². The van der Waals surface area contributed by atoms with Gasteiger partial charge in [0, 0.05) is 24.2 Å². The Labute approximate surface area is 128 Å². The van der Waals surface area contributed by atoms with Crippen molar-refractivity contribution in [1.29, 1.82) is 0 Å². The zero-order valence-electron chi connectivity index (χ0n) is 12.3. The van der Waals surface area contributed by atoms with E-state index in [1.807, 2.05) is 25.1 Å². The van der Waals surface area contributed by atoms with Gasteiger partial charge >= 0.3 is 0 Å². The number of fused-ring (bicyclic) bond motifs is 1. The number of nitro benzene ring substituents is 1. The molecule has 0 saturated heterocycles. The Morgan fingerprint density at radius 1 is 1.23 bits per heavy atom. The third kappa shape index (κ3) is 2.45. The van der Waals surface area contributed by atoms with Crippen molar-refractivity contribution in [1.82, 2.24) is 0 Å². The summed E-state index contributed by atoms with van der Waals surface area (Å²) in [6.45, 7) is 2.62. The van der Waals surface area contributed by atoms with Gasteiger partial charge in [-0.05, 0) is 37.0 Å². The number of carbonyl (C=O) groups is 1. The van der Waals surface area contributed by atoms with Gasteiger partial charge in [0.1, 0.15) is 0 Å². The molecule has 0 aromatic heterocycles. The van der Waals surface area contributed by atoms with Gasteiger partial charge in [-0.2, -0.15) is 0 Å². The van der Waals surface area contributed by atoms with Crippen LogP contribution in [0.15, 0.2) is 42.5 Å². The van der Waals surface area contributed by atoms with Crippen LogP contribution in [0.4, 0.5) is 11.4 Å². The minimum Gasteiger partial charge on any atom is -0.308 e. The zero-order valence-corrected chi connectivity index (χ0v) is 12.3. The summed E-state index contributed by atoms with van der Waals surface area (Å²) in [5.74, 6) is -0.182. The minimum atomic E-state index is -0.480. The largest absolute Gasteiger partial charge is 0.308 e. The molecule has 1 amide bonds. The van der Waals surface area contributed by atoms with E-state index in [4.69, 9.17) is 0 Å². The van der Waals surface area contributed by atoms with E-state index in [0.717, 1.165) is 29.7 Å². The van der Waals surface area contributed by atoms with Gasteiger partial charge in [-0.25, -0.2) is 0 Å². The number of nitrogens with zero attached hydrogens (tertiary/aromatic N) is 2. The summed E-state index contributed by atoms with van der Waals surface area (Å²) in [5.41, 5.74) is 3.45. The topological polar surface area (TPSA) is 63.5 Å². The molecular formula is C17H16N2O3. The fourth-order valence-electron chi connectivity index (χ4n) is 2.96. The van der Waals surface area contributed by atoms with Crippen molar-refractivity contribution in [2.24, 2.45) is 0 Å². The van der Waals surface area contributed by atoms with Crippen LogP contribution in [0.1, 0.15) is 27.9 Å². The summed E-state index contributed by atoms with van der Waals surface area (Å²) in [5, 5.41) is 10.9. The van der Waals surface area contributed by atoms with Crippen molar-refractivity contribution < 1.29 is 9.72 Å². The maximum absolute atomic E-state index is 12.8. The second kappa shape index (κ2) is 5.60. The van der Waals surface area contributed by atoms with Crippen LogP contribution < -0.4 is 4.90 Å². The van der Waals surface area contributed by atoms with E-state index in [2.05, 4.69) is 0 Å². The number of carbonyl (C=O) groups excluding carboxylic acids is 1. The summed E-state index contributed by atoms with van der Waals surface area (Å²) in [4.78, 5) is 24.9. The Morgan fingerprint density at radius 2 is 2.00 bits per heavy atom. The van der Waals surface area contributed by atoms with Gasteiger partial charge in [-0.15, -0.1) is 0 Å². The summed E-state index contributed by atoms with van der Waals surface area (Å²) in [6, 6.07) is 11.9. The van der Waals surface area contributed by atoms with Crippen molar-refractivity contribution in [3.63, 3.8) is 0 Å². The predicted octanol–water partition coefficient (Wildman–Crippen LogP) is 3.50. The van der Waals surface area contributed by atoms with Gasteiger partial charge in [0.25, 0.3) is 11.6 Å². The lowest BCUT2D eigenvalue weighted by molar-refractivity contribution is -0.384. The second-order valence-corrected chi connectivity index (χ2v) is 5.45. The molecule has 5 heteroatoms. The lowest BCUT2D eigenvalue weighted by Gasteiger charge is -2.31. The molecule has 0 unspecified atom stereocenters. The normalized spacial score (nSPS) is 13.6. The number of anilines is 1. The number of aryl methyl sites for hydroxylation is 2. The first-order valence-electron chi connectivity index (χ1n) is 7.23. The third-order valence-corrected chi connectivity index (χ3v) is 3.97. The van der Waals surface area contributed by atoms with Crippen molar-refractivity contribution >= 4 is 17.3 Å². The van der Waals surface area contributed by atoms with E-state index in [1.165, 1.54) is 12.1 Å². The van der Waals surface area contributed by atoms with E-state index in [1.54, 1.807) is 17.0 Å². The van der Waals surface area contributed by atoms with Crippen LogP contribution in [0.2, 0.25) is 0 Å². The fraction of sp³-hybridized carbons (Fsp3) is 0.235. The monoisotopic (exact) mass is 296 g/mol. The number of rotatable bonds is 2. The molecule has 3 rings (SSSR count). The van der Waals surface area contributed by atoms with Gasteiger partial charge in [-0.1, -0.05) is 24.3 Å². The molecule has 0 fully saturated rings. The number of hydrogen-bond acceptors (Lipinski definition) is 3. The first-order chi connectivity index (χ1) is 10.6. The van der Waals surface area contributed by atoms with Crippen LogP contribution in [0.5, 0.6) is 0 Å².